The number of ketones is 1. The van der Waals surface area contributed by atoms with Gasteiger partial charge in [0.05, 0.1) is 5.56 Å². The molecule has 2 heterocycles. The van der Waals surface area contributed by atoms with E-state index in [2.05, 4.69) is 0 Å². The minimum absolute atomic E-state index is 0.119. The van der Waals surface area contributed by atoms with Gasteiger partial charge in [0.15, 0.2) is 11.5 Å². The molecule has 82 valence electrons. The van der Waals surface area contributed by atoms with Crippen molar-refractivity contribution in [3.8, 4) is 11.5 Å². The van der Waals surface area contributed by atoms with Gasteiger partial charge in [-0.15, -0.1) is 0 Å². The summed E-state index contributed by atoms with van der Waals surface area (Å²) in [6.07, 6.45) is 0. The summed E-state index contributed by atoms with van der Waals surface area (Å²) in [4.78, 5) is 12.3. The molecule has 2 bridgehead atoms. The molecule has 1 atom stereocenters. The standard InChI is InChI=1S/C14H8O3/c15-13-10-7-4-8-11-12(10)17-14(13,16-11)9-5-2-1-3-6-9/h1-8H. The molecule has 0 aromatic heterocycles. The third-order valence-electron chi connectivity index (χ3n) is 3.18. The molecular formula is C14H8O3. The highest BCUT2D eigenvalue weighted by Gasteiger charge is 2.58. The van der Waals surface area contributed by atoms with Crippen LogP contribution in [0, 0.1) is 0 Å². The van der Waals surface area contributed by atoms with Crippen molar-refractivity contribution in [2.45, 2.75) is 5.79 Å². The molecule has 3 nitrogen and oxygen atoms in total. The first-order valence-electron chi connectivity index (χ1n) is 5.43. The zero-order valence-electron chi connectivity index (χ0n) is 8.84. The Morgan fingerprint density at radius 2 is 1.71 bits per heavy atom. The number of hydrogen-bond acceptors (Lipinski definition) is 3. The van der Waals surface area contributed by atoms with Crippen molar-refractivity contribution in [2.24, 2.45) is 0 Å². The Hall–Kier alpha value is -2.29. The Morgan fingerprint density at radius 3 is 2.47 bits per heavy atom. The first-order chi connectivity index (χ1) is 8.31. The number of ether oxygens (including phenoxy) is 2. The van der Waals surface area contributed by atoms with Crippen LogP contribution in [0.3, 0.4) is 0 Å². The second kappa shape index (κ2) is 2.69. The van der Waals surface area contributed by atoms with E-state index in [9.17, 15) is 4.79 Å². The van der Waals surface area contributed by atoms with Crippen LogP contribution < -0.4 is 9.47 Å². The first kappa shape index (κ1) is 8.82. The average Bonchev–Trinajstić information content (AvgIpc) is 2.90. The van der Waals surface area contributed by atoms with E-state index in [0.29, 0.717) is 17.1 Å². The fourth-order valence-corrected chi connectivity index (χ4v) is 2.38. The molecule has 0 amide bonds. The van der Waals surface area contributed by atoms with Crippen molar-refractivity contribution in [3.63, 3.8) is 0 Å². The van der Waals surface area contributed by atoms with E-state index in [4.69, 9.17) is 9.47 Å². The number of carbonyl (C=O) groups is 1. The molecule has 2 aliphatic heterocycles. The van der Waals surface area contributed by atoms with Crippen LogP contribution in [0.4, 0.5) is 0 Å². The van der Waals surface area contributed by atoms with Crippen LogP contribution in [0.2, 0.25) is 0 Å². The quantitative estimate of drug-likeness (QED) is 0.746. The Kier molecular flexibility index (Phi) is 1.39. The van der Waals surface area contributed by atoms with Gasteiger partial charge in [-0.1, -0.05) is 36.4 Å². The van der Waals surface area contributed by atoms with E-state index >= 15 is 0 Å². The van der Waals surface area contributed by atoms with Gasteiger partial charge in [0.1, 0.15) is 0 Å². The Morgan fingerprint density at radius 1 is 0.882 bits per heavy atom. The van der Waals surface area contributed by atoms with Crippen molar-refractivity contribution in [2.75, 3.05) is 0 Å². The number of benzene rings is 2. The molecule has 2 aromatic rings. The largest absolute Gasteiger partial charge is 0.438 e. The highest BCUT2D eigenvalue weighted by molar-refractivity contribution is 6.09. The Balaban J connectivity index is 1.97. The SMILES string of the molecule is O=C1c2cccc3c2OC1(c1ccccc1)O3. The molecule has 2 aliphatic rings. The summed E-state index contributed by atoms with van der Waals surface area (Å²) in [5, 5.41) is 0. The molecule has 0 aliphatic carbocycles. The maximum atomic E-state index is 12.3. The first-order valence-corrected chi connectivity index (χ1v) is 5.43. The number of para-hydroxylation sites is 1. The maximum absolute atomic E-state index is 12.3. The van der Waals surface area contributed by atoms with Gasteiger partial charge >= 0.3 is 5.79 Å². The van der Waals surface area contributed by atoms with Crippen LogP contribution in [0.1, 0.15) is 15.9 Å². The summed E-state index contributed by atoms with van der Waals surface area (Å²) in [5.41, 5.74) is 1.34. The van der Waals surface area contributed by atoms with Gasteiger partial charge in [-0.3, -0.25) is 4.79 Å². The highest BCUT2D eigenvalue weighted by atomic mass is 16.7. The molecule has 0 saturated carbocycles. The summed E-state index contributed by atoms with van der Waals surface area (Å²) in [5.74, 6) is -0.179. The van der Waals surface area contributed by atoms with Crippen LogP contribution in [0.25, 0.3) is 0 Å². The van der Waals surface area contributed by atoms with Crippen molar-refractivity contribution < 1.29 is 14.3 Å². The summed E-state index contributed by atoms with van der Waals surface area (Å²) in [7, 11) is 0. The molecule has 1 unspecified atom stereocenters. The van der Waals surface area contributed by atoms with Gasteiger partial charge in [-0.2, -0.15) is 0 Å². The van der Waals surface area contributed by atoms with Crippen molar-refractivity contribution in [3.05, 3.63) is 59.7 Å². The highest BCUT2D eigenvalue weighted by Crippen LogP contribution is 2.53. The number of carbonyl (C=O) groups excluding carboxylic acids is 1. The predicted octanol–water partition coefficient (Wildman–Crippen LogP) is 2.51. The molecule has 2 aromatic carbocycles. The van der Waals surface area contributed by atoms with Gasteiger partial charge in [-0.25, -0.2) is 0 Å². The summed E-state index contributed by atoms with van der Waals surface area (Å²) in [6.45, 7) is 0. The number of hydrogen-bond donors (Lipinski definition) is 0. The lowest BCUT2D eigenvalue weighted by atomic mass is 9.96. The molecule has 0 spiro atoms. The summed E-state index contributed by atoms with van der Waals surface area (Å²) >= 11 is 0. The van der Waals surface area contributed by atoms with Crippen LogP contribution in [0.5, 0.6) is 11.5 Å². The van der Waals surface area contributed by atoms with E-state index in [-0.39, 0.29) is 5.78 Å². The molecule has 0 saturated heterocycles. The van der Waals surface area contributed by atoms with Gasteiger partial charge in [-0.05, 0) is 12.1 Å². The second-order valence-electron chi connectivity index (χ2n) is 4.15. The van der Waals surface area contributed by atoms with Crippen LogP contribution in [-0.2, 0) is 5.79 Å². The monoisotopic (exact) mass is 224 g/mol. The van der Waals surface area contributed by atoms with Gasteiger partial charge in [0.2, 0.25) is 0 Å². The summed E-state index contributed by atoms with van der Waals surface area (Å²) in [6, 6.07) is 14.7. The second-order valence-corrected chi connectivity index (χ2v) is 4.15. The summed E-state index contributed by atoms with van der Waals surface area (Å²) < 4.78 is 11.4. The lowest BCUT2D eigenvalue weighted by molar-refractivity contribution is -0.0447. The lowest BCUT2D eigenvalue weighted by Crippen LogP contribution is -2.41. The van der Waals surface area contributed by atoms with Crippen LogP contribution >= 0.6 is 0 Å². The molecule has 17 heavy (non-hydrogen) atoms. The fraction of sp³-hybridized carbons (Fsp3) is 0.0714. The lowest BCUT2D eigenvalue weighted by Gasteiger charge is -2.23. The minimum Gasteiger partial charge on any atom is -0.438 e. The van der Waals surface area contributed by atoms with E-state index in [1.54, 1.807) is 12.1 Å². The Labute approximate surface area is 97.6 Å². The van der Waals surface area contributed by atoms with Crippen LogP contribution in [-0.4, -0.2) is 5.78 Å². The van der Waals surface area contributed by atoms with E-state index in [1.165, 1.54) is 0 Å². The zero-order chi connectivity index (χ0) is 11.5. The average molecular weight is 224 g/mol. The van der Waals surface area contributed by atoms with Gasteiger partial charge in [0.25, 0.3) is 5.78 Å². The van der Waals surface area contributed by atoms with E-state index in [1.807, 2.05) is 36.4 Å². The zero-order valence-corrected chi connectivity index (χ0v) is 8.84. The van der Waals surface area contributed by atoms with Crippen molar-refractivity contribution in [1.82, 2.24) is 0 Å². The van der Waals surface area contributed by atoms with Crippen molar-refractivity contribution >= 4 is 5.78 Å². The van der Waals surface area contributed by atoms with Gasteiger partial charge < -0.3 is 9.47 Å². The van der Waals surface area contributed by atoms with E-state index < -0.39 is 5.79 Å². The third kappa shape index (κ3) is 0.900. The normalized spacial score (nSPS) is 23.4. The molecule has 0 N–H and O–H groups in total. The molecule has 0 radical (unpaired) electrons. The predicted molar refractivity (Wildman–Crippen MR) is 60.1 cm³/mol. The maximum Gasteiger partial charge on any atom is 0.344 e. The third-order valence-corrected chi connectivity index (χ3v) is 3.18. The van der Waals surface area contributed by atoms with Crippen LogP contribution in [0.15, 0.2) is 48.5 Å². The molecule has 4 rings (SSSR count). The fourth-order valence-electron chi connectivity index (χ4n) is 2.38. The smallest absolute Gasteiger partial charge is 0.344 e. The number of rotatable bonds is 1. The number of fused-ring (bicyclic) bond motifs is 1. The topological polar surface area (TPSA) is 35.5 Å². The minimum atomic E-state index is -1.28. The Bertz CT molecular complexity index is 629. The van der Waals surface area contributed by atoms with Gasteiger partial charge in [0, 0.05) is 5.56 Å². The van der Waals surface area contributed by atoms with Crippen molar-refractivity contribution in [1.29, 1.82) is 0 Å². The molecule has 3 heteroatoms. The van der Waals surface area contributed by atoms with E-state index in [0.717, 1.165) is 5.56 Å². The number of Topliss-reactive ketones (excluding diaryl/α,β-unsaturated/α-hetero) is 1. The molecule has 0 fully saturated rings. The molecular weight excluding hydrogens is 216 g/mol.